The van der Waals surface area contributed by atoms with Crippen molar-refractivity contribution in [2.45, 2.75) is 40.3 Å². The second-order valence-electron chi connectivity index (χ2n) is 9.04. The van der Waals surface area contributed by atoms with Crippen LogP contribution >= 0.6 is 0 Å². The van der Waals surface area contributed by atoms with Crippen molar-refractivity contribution in [2.75, 3.05) is 32.2 Å². The van der Waals surface area contributed by atoms with Crippen LogP contribution < -0.4 is 19.9 Å². The summed E-state index contributed by atoms with van der Waals surface area (Å²) in [7, 11) is 5.17. The Labute approximate surface area is 217 Å². The minimum atomic E-state index is -0.132. The number of anilines is 2. The van der Waals surface area contributed by atoms with Crippen LogP contribution in [0.15, 0.2) is 53.8 Å². The van der Waals surface area contributed by atoms with Gasteiger partial charge in [0.25, 0.3) is 5.56 Å². The summed E-state index contributed by atoms with van der Waals surface area (Å²) in [5.74, 6) is 1.52. The average Bonchev–Trinajstić information content (AvgIpc) is 3.24. The van der Waals surface area contributed by atoms with Crippen LogP contribution in [-0.2, 0) is 13.6 Å². The van der Waals surface area contributed by atoms with E-state index < -0.39 is 0 Å². The summed E-state index contributed by atoms with van der Waals surface area (Å²) < 4.78 is 14.6. The van der Waals surface area contributed by atoms with Gasteiger partial charge in [0.2, 0.25) is 0 Å². The van der Waals surface area contributed by atoms with Gasteiger partial charge in [-0.2, -0.15) is 5.10 Å². The fourth-order valence-electron chi connectivity index (χ4n) is 4.64. The molecule has 37 heavy (non-hydrogen) atoms. The van der Waals surface area contributed by atoms with Gasteiger partial charge in [0.1, 0.15) is 17.8 Å². The van der Waals surface area contributed by atoms with Crippen molar-refractivity contribution in [1.82, 2.24) is 24.2 Å². The largest absolute Gasteiger partial charge is 0.497 e. The molecule has 0 fully saturated rings. The zero-order valence-electron chi connectivity index (χ0n) is 22.7. The molecule has 0 unspecified atom stereocenters. The Morgan fingerprint density at radius 1 is 1.00 bits per heavy atom. The van der Waals surface area contributed by atoms with Gasteiger partial charge in [0, 0.05) is 62.3 Å². The number of fused-ring (bicyclic) bond motifs is 2. The summed E-state index contributed by atoms with van der Waals surface area (Å²) in [6.07, 6.45) is 5.00. The topological polar surface area (TPSA) is 77.6 Å². The van der Waals surface area contributed by atoms with Crippen LogP contribution in [-0.4, -0.2) is 57.6 Å². The van der Waals surface area contributed by atoms with Gasteiger partial charge in [-0.15, -0.1) is 0 Å². The van der Waals surface area contributed by atoms with Gasteiger partial charge < -0.3 is 14.4 Å². The molecule has 1 aliphatic rings. The van der Waals surface area contributed by atoms with E-state index in [1.807, 2.05) is 51.2 Å². The summed E-state index contributed by atoms with van der Waals surface area (Å²) in [5.41, 5.74) is 4.23. The lowest BCUT2D eigenvalue weighted by Gasteiger charge is -2.26. The van der Waals surface area contributed by atoms with Crippen LogP contribution in [0.3, 0.4) is 0 Å². The van der Waals surface area contributed by atoms with Gasteiger partial charge in [-0.05, 0) is 32.0 Å². The monoisotopic (exact) mass is 504 g/mol. The van der Waals surface area contributed by atoms with Gasteiger partial charge >= 0.3 is 0 Å². The summed E-state index contributed by atoms with van der Waals surface area (Å²) >= 11 is 0. The number of rotatable bonds is 5. The molecule has 196 valence electrons. The average molecular weight is 505 g/mol. The second kappa shape index (κ2) is 11.0. The third-order valence-electron chi connectivity index (χ3n) is 6.63. The zero-order valence-corrected chi connectivity index (χ0v) is 22.7. The van der Waals surface area contributed by atoms with Gasteiger partial charge in [-0.1, -0.05) is 13.8 Å². The molecule has 0 atom stereocenters. The van der Waals surface area contributed by atoms with E-state index in [0.717, 1.165) is 48.1 Å². The predicted molar refractivity (Wildman–Crippen MR) is 148 cm³/mol. The van der Waals surface area contributed by atoms with E-state index in [9.17, 15) is 4.79 Å². The molecule has 0 amide bonds. The van der Waals surface area contributed by atoms with Gasteiger partial charge in [0.05, 0.1) is 42.7 Å². The number of aryl methyl sites for hydroxylation is 1. The maximum Gasteiger partial charge on any atom is 0.265 e. The minimum absolute atomic E-state index is 0.132. The Morgan fingerprint density at radius 3 is 2.43 bits per heavy atom. The lowest BCUT2D eigenvalue weighted by Crippen LogP contribution is -2.34. The molecule has 3 heterocycles. The molecule has 9 nitrogen and oxygen atoms in total. The van der Waals surface area contributed by atoms with E-state index in [1.54, 1.807) is 37.6 Å². The Morgan fingerprint density at radius 2 is 1.78 bits per heavy atom. The Balaban J connectivity index is 0.00000156. The number of aromatic nitrogens is 4. The van der Waals surface area contributed by atoms with Crippen molar-refractivity contribution >= 4 is 22.3 Å². The van der Waals surface area contributed by atoms with E-state index in [4.69, 9.17) is 9.47 Å². The number of benzene rings is 2. The first-order valence-corrected chi connectivity index (χ1v) is 12.7. The van der Waals surface area contributed by atoms with E-state index in [-0.39, 0.29) is 5.56 Å². The molecular formula is C28H36N6O3. The first-order valence-electron chi connectivity index (χ1n) is 12.7. The molecule has 2 aromatic carbocycles. The van der Waals surface area contributed by atoms with E-state index in [2.05, 4.69) is 33.7 Å². The highest BCUT2D eigenvalue weighted by atomic mass is 16.5. The minimum Gasteiger partial charge on any atom is -0.497 e. The fraction of sp³-hybridized carbons (Fsp3) is 0.393. The summed E-state index contributed by atoms with van der Waals surface area (Å²) in [4.78, 5) is 22.6. The summed E-state index contributed by atoms with van der Waals surface area (Å²) in [6, 6.07) is 10.2. The van der Waals surface area contributed by atoms with E-state index >= 15 is 0 Å². The quantitative estimate of drug-likeness (QED) is 0.395. The smallest absolute Gasteiger partial charge is 0.265 e. The Hall–Kier alpha value is -3.85. The van der Waals surface area contributed by atoms with Gasteiger partial charge in [-0.25, -0.2) is 4.98 Å². The normalized spacial score (nSPS) is 13.7. The second-order valence-corrected chi connectivity index (χ2v) is 9.04. The molecule has 0 N–H and O–H groups in total. The SMILES string of the molecule is CC.COc1cc(OC)c2c(c1)N(c1ccc3ncn(-c4cnn(C)c4)c(=O)c3c1)CCN(C(C)C)C2. The molecule has 5 rings (SSSR count). The molecule has 1 aliphatic heterocycles. The molecule has 9 heteroatoms. The van der Waals surface area contributed by atoms with Crippen molar-refractivity contribution in [2.24, 2.45) is 7.05 Å². The lowest BCUT2D eigenvalue weighted by atomic mass is 10.1. The zero-order chi connectivity index (χ0) is 26.7. The molecule has 0 spiro atoms. The molecule has 4 aromatic rings. The molecule has 0 aliphatic carbocycles. The number of nitrogens with zero attached hydrogens (tertiary/aromatic N) is 6. The van der Waals surface area contributed by atoms with E-state index in [0.29, 0.717) is 22.6 Å². The Kier molecular flexibility index (Phi) is 7.83. The number of ether oxygens (including phenoxy) is 2. The molecule has 0 bridgehead atoms. The Bertz CT molecular complexity index is 1440. The van der Waals surface area contributed by atoms with Crippen LogP contribution in [0.5, 0.6) is 11.5 Å². The van der Waals surface area contributed by atoms with Gasteiger partial charge in [0.15, 0.2) is 0 Å². The maximum atomic E-state index is 13.4. The molecule has 0 saturated heterocycles. The molecule has 0 radical (unpaired) electrons. The van der Waals surface area contributed by atoms with Crippen molar-refractivity contribution in [1.29, 1.82) is 0 Å². The van der Waals surface area contributed by atoms with Crippen molar-refractivity contribution < 1.29 is 9.47 Å². The number of methoxy groups -OCH3 is 2. The maximum absolute atomic E-state index is 13.4. The van der Waals surface area contributed by atoms with Gasteiger partial charge in [-0.3, -0.25) is 18.9 Å². The lowest BCUT2D eigenvalue weighted by molar-refractivity contribution is 0.221. The van der Waals surface area contributed by atoms with Crippen LogP contribution in [0, 0.1) is 0 Å². The first kappa shape index (κ1) is 26.2. The standard InChI is InChI=1S/C26H30N6O3.C2H6/c1-17(2)30-8-9-31(24-11-20(34-4)12-25(35-5)22(24)15-30)18-6-7-23-21(10-18)26(33)32(16-27-23)19-13-28-29(3)14-19;1-2/h6-7,10-14,16-17H,8-9,15H2,1-5H3;1-2H3. The first-order chi connectivity index (χ1) is 17.9. The highest BCUT2D eigenvalue weighted by Gasteiger charge is 2.26. The van der Waals surface area contributed by atoms with Crippen molar-refractivity contribution in [3.8, 4) is 17.2 Å². The van der Waals surface area contributed by atoms with Crippen LogP contribution in [0.25, 0.3) is 16.6 Å². The third-order valence-corrected chi connectivity index (χ3v) is 6.63. The summed E-state index contributed by atoms with van der Waals surface area (Å²) in [5, 5.41) is 4.74. The summed E-state index contributed by atoms with van der Waals surface area (Å²) in [6.45, 7) is 10.8. The van der Waals surface area contributed by atoms with E-state index in [1.165, 1.54) is 4.57 Å². The highest BCUT2D eigenvalue weighted by molar-refractivity contribution is 5.84. The van der Waals surface area contributed by atoms with Crippen molar-refractivity contribution in [3.05, 3.63) is 65.0 Å². The molecule has 0 saturated carbocycles. The molecule has 2 aromatic heterocycles. The number of hydrogen-bond donors (Lipinski definition) is 0. The fourth-order valence-corrected chi connectivity index (χ4v) is 4.64. The van der Waals surface area contributed by atoms with Crippen LogP contribution in [0.1, 0.15) is 33.3 Å². The van der Waals surface area contributed by atoms with Crippen molar-refractivity contribution in [3.63, 3.8) is 0 Å². The predicted octanol–water partition coefficient (Wildman–Crippen LogP) is 4.52. The third kappa shape index (κ3) is 5.04. The number of hydrogen-bond acceptors (Lipinski definition) is 7. The highest BCUT2D eigenvalue weighted by Crippen LogP contribution is 2.40. The van der Waals surface area contributed by atoms with Crippen LogP contribution in [0.4, 0.5) is 11.4 Å². The van der Waals surface area contributed by atoms with Crippen LogP contribution in [0.2, 0.25) is 0 Å². The molecular weight excluding hydrogens is 468 g/mol.